The standard InChI is InChI=1S/C20H34N4O/c1-15-4-3-5-17(14-15)24-10-6-16(7-11-24)22-18-8-13-25-19(18)20-21-9-12-23(20)2/h9,12,15-19,22H,3-8,10-11,13-14H2,1-2H3/t15-,17-,18-,19-/m0/s1. The van der Waals surface area contributed by atoms with Crippen molar-refractivity contribution in [3.8, 4) is 0 Å². The number of hydrogen-bond donors (Lipinski definition) is 1. The third-order valence-corrected chi connectivity index (χ3v) is 6.61. The summed E-state index contributed by atoms with van der Waals surface area (Å²) in [5.74, 6) is 1.98. The fourth-order valence-electron chi connectivity index (χ4n) is 5.13. The summed E-state index contributed by atoms with van der Waals surface area (Å²) in [7, 11) is 2.06. The van der Waals surface area contributed by atoms with Crippen LogP contribution in [0.5, 0.6) is 0 Å². The van der Waals surface area contributed by atoms with Gasteiger partial charge in [-0.05, 0) is 51.1 Å². The number of ether oxygens (including phenoxy) is 1. The molecule has 5 heteroatoms. The molecule has 0 bridgehead atoms. The topological polar surface area (TPSA) is 42.3 Å². The summed E-state index contributed by atoms with van der Waals surface area (Å²) in [6.45, 7) is 5.79. The Hall–Kier alpha value is -0.910. The Balaban J connectivity index is 1.29. The van der Waals surface area contributed by atoms with Gasteiger partial charge in [0.15, 0.2) is 0 Å². The van der Waals surface area contributed by atoms with Crippen molar-refractivity contribution in [1.29, 1.82) is 0 Å². The average molecular weight is 347 g/mol. The maximum absolute atomic E-state index is 6.00. The van der Waals surface area contributed by atoms with Crippen LogP contribution in [0.4, 0.5) is 0 Å². The fraction of sp³-hybridized carbons (Fsp3) is 0.850. The molecule has 0 amide bonds. The van der Waals surface area contributed by atoms with Crippen LogP contribution in [-0.2, 0) is 11.8 Å². The molecule has 0 aromatic carbocycles. The summed E-state index contributed by atoms with van der Waals surface area (Å²) in [6.07, 6.45) is 13.3. The van der Waals surface area contributed by atoms with Crippen molar-refractivity contribution in [2.24, 2.45) is 13.0 Å². The number of nitrogens with zero attached hydrogens (tertiary/aromatic N) is 3. The van der Waals surface area contributed by atoms with Crippen LogP contribution in [0.2, 0.25) is 0 Å². The van der Waals surface area contributed by atoms with Crippen LogP contribution in [0, 0.1) is 5.92 Å². The fourth-order valence-corrected chi connectivity index (χ4v) is 5.13. The van der Waals surface area contributed by atoms with E-state index in [1.54, 1.807) is 0 Å². The zero-order valence-electron chi connectivity index (χ0n) is 15.9. The highest BCUT2D eigenvalue weighted by molar-refractivity contribution is 5.03. The van der Waals surface area contributed by atoms with Gasteiger partial charge in [-0.15, -0.1) is 0 Å². The number of imidazole rings is 1. The van der Waals surface area contributed by atoms with Crippen molar-refractivity contribution in [1.82, 2.24) is 19.8 Å². The van der Waals surface area contributed by atoms with Crippen LogP contribution in [0.3, 0.4) is 0 Å². The highest BCUT2D eigenvalue weighted by atomic mass is 16.5. The van der Waals surface area contributed by atoms with Gasteiger partial charge in [-0.1, -0.05) is 19.8 Å². The van der Waals surface area contributed by atoms with Crippen molar-refractivity contribution >= 4 is 0 Å². The van der Waals surface area contributed by atoms with E-state index in [-0.39, 0.29) is 6.10 Å². The molecule has 25 heavy (non-hydrogen) atoms. The Morgan fingerprint density at radius 2 is 2.00 bits per heavy atom. The maximum Gasteiger partial charge on any atom is 0.139 e. The molecule has 1 aliphatic carbocycles. The van der Waals surface area contributed by atoms with Crippen LogP contribution in [-0.4, -0.2) is 52.3 Å². The van der Waals surface area contributed by atoms with Crippen LogP contribution in [0.25, 0.3) is 0 Å². The lowest BCUT2D eigenvalue weighted by Gasteiger charge is -2.41. The second-order valence-electron chi connectivity index (χ2n) is 8.49. The van der Waals surface area contributed by atoms with E-state index in [0.717, 1.165) is 30.8 Å². The second-order valence-corrected chi connectivity index (χ2v) is 8.49. The predicted molar refractivity (Wildman–Crippen MR) is 99.5 cm³/mol. The van der Waals surface area contributed by atoms with Gasteiger partial charge < -0.3 is 19.5 Å². The van der Waals surface area contributed by atoms with E-state index in [2.05, 4.69) is 33.7 Å². The van der Waals surface area contributed by atoms with Gasteiger partial charge in [0.05, 0.1) is 0 Å². The average Bonchev–Trinajstić information content (AvgIpc) is 3.24. The van der Waals surface area contributed by atoms with Gasteiger partial charge >= 0.3 is 0 Å². The Morgan fingerprint density at radius 1 is 1.16 bits per heavy atom. The third-order valence-electron chi connectivity index (χ3n) is 6.61. The molecule has 2 saturated heterocycles. The smallest absolute Gasteiger partial charge is 0.139 e. The van der Waals surface area contributed by atoms with Crippen LogP contribution < -0.4 is 5.32 Å². The lowest BCUT2D eigenvalue weighted by Crippen LogP contribution is -2.50. The van der Waals surface area contributed by atoms with Crippen molar-refractivity contribution in [2.45, 2.75) is 76.1 Å². The summed E-state index contributed by atoms with van der Waals surface area (Å²) >= 11 is 0. The highest BCUT2D eigenvalue weighted by Gasteiger charge is 2.35. The van der Waals surface area contributed by atoms with E-state index in [1.165, 1.54) is 51.6 Å². The molecule has 4 atom stereocenters. The minimum atomic E-state index is 0.109. The molecule has 3 heterocycles. The number of nitrogens with one attached hydrogen (secondary N) is 1. The van der Waals surface area contributed by atoms with E-state index >= 15 is 0 Å². The van der Waals surface area contributed by atoms with Crippen LogP contribution in [0.15, 0.2) is 12.4 Å². The summed E-state index contributed by atoms with van der Waals surface area (Å²) in [4.78, 5) is 7.28. The monoisotopic (exact) mass is 346 g/mol. The predicted octanol–water partition coefficient (Wildman–Crippen LogP) is 2.88. The number of likely N-dealkylation sites (tertiary alicyclic amines) is 1. The Bertz CT molecular complexity index is 552. The molecular formula is C20H34N4O. The molecule has 3 fully saturated rings. The van der Waals surface area contributed by atoms with Crippen molar-refractivity contribution < 1.29 is 4.74 Å². The second kappa shape index (κ2) is 7.77. The van der Waals surface area contributed by atoms with Crippen molar-refractivity contribution in [3.63, 3.8) is 0 Å². The van der Waals surface area contributed by atoms with Crippen LogP contribution >= 0.6 is 0 Å². The Morgan fingerprint density at radius 3 is 2.72 bits per heavy atom. The Kier molecular flexibility index (Phi) is 5.44. The van der Waals surface area contributed by atoms with Gasteiger partial charge in [-0.2, -0.15) is 0 Å². The number of hydrogen-bond acceptors (Lipinski definition) is 4. The third kappa shape index (κ3) is 3.93. The van der Waals surface area contributed by atoms with Gasteiger partial charge in [0.2, 0.25) is 0 Å². The quantitative estimate of drug-likeness (QED) is 0.910. The molecule has 4 rings (SSSR count). The summed E-state index contributed by atoms with van der Waals surface area (Å²) in [5, 5.41) is 3.91. The molecule has 1 N–H and O–H groups in total. The molecule has 0 spiro atoms. The normalized spacial score (nSPS) is 35.3. The molecule has 2 aliphatic heterocycles. The first-order valence-electron chi connectivity index (χ1n) is 10.3. The van der Waals surface area contributed by atoms with E-state index in [1.807, 2.05) is 12.4 Å². The molecular weight excluding hydrogens is 312 g/mol. The molecule has 0 radical (unpaired) electrons. The van der Waals surface area contributed by atoms with Gasteiger partial charge in [0.1, 0.15) is 11.9 Å². The SMILES string of the molecule is C[C@H]1CCC[C@H](N2CCC(N[C@H]3CCO[C@@H]3c3nccn3C)CC2)C1. The largest absolute Gasteiger partial charge is 0.369 e. The van der Waals surface area contributed by atoms with Crippen molar-refractivity contribution in [2.75, 3.05) is 19.7 Å². The van der Waals surface area contributed by atoms with Gasteiger partial charge in [-0.25, -0.2) is 4.98 Å². The summed E-state index contributed by atoms with van der Waals surface area (Å²) in [5.41, 5.74) is 0. The first-order valence-corrected chi connectivity index (χ1v) is 10.3. The number of aryl methyl sites for hydroxylation is 1. The van der Waals surface area contributed by atoms with E-state index < -0.39 is 0 Å². The van der Waals surface area contributed by atoms with E-state index in [4.69, 9.17) is 4.74 Å². The first kappa shape index (κ1) is 17.5. The molecule has 1 aromatic heterocycles. The highest BCUT2D eigenvalue weighted by Crippen LogP contribution is 2.31. The molecule has 1 saturated carbocycles. The lowest BCUT2D eigenvalue weighted by atomic mass is 9.85. The molecule has 5 nitrogen and oxygen atoms in total. The Labute approximate surface area is 152 Å². The van der Waals surface area contributed by atoms with Gasteiger partial charge in [0.25, 0.3) is 0 Å². The molecule has 1 aromatic rings. The van der Waals surface area contributed by atoms with E-state index in [9.17, 15) is 0 Å². The van der Waals surface area contributed by atoms with Crippen molar-refractivity contribution in [3.05, 3.63) is 18.2 Å². The number of piperidine rings is 1. The lowest BCUT2D eigenvalue weighted by molar-refractivity contribution is 0.0747. The zero-order chi connectivity index (χ0) is 17.2. The molecule has 0 unspecified atom stereocenters. The van der Waals surface area contributed by atoms with Crippen LogP contribution in [0.1, 0.15) is 63.8 Å². The molecule has 3 aliphatic rings. The van der Waals surface area contributed by atoms with Gasteiger partial charge in [0, 0.05) is 44.2 Å². The van der Waals surface area contributed by atoms with E-state index in [0.29, 0.717) is 12.1 Å². The van der Waals surface area contributed by atoms with Gasteiger partial charge in [-0.3, -0.25) is 0 Å². The first-order chi connectivity index (χ1) is 12.2. The minimum Gasteiger partial charge on any atom is -0.369 e. The summed E-state index contributed by atoms with van der Waals surface area (Å²) < 4.78 is 8.10. The zero-order valence-corrected chi connectivity index (χ0v) is 15.9. The number of aromatic nitrogens is 2. The maximum atomic E-state index is 6.00. The minimum absolute atomic E-state index is 0.109. The number of rotatable bonds is 4. The molecule has 140 valence electrons. The summed E-state index contributed by atoms with van der Waals surface area (Å²) in [6, 6.07) is 1.89.